The van der Waals surface area contributed by atoms with Crippen molar-refractivity contribution in [1.29, 1.82) is 0 Å². The van der Waals surface area contributed by atoms with Crippen LogP contribution in [0.15, 0.2) is 57.9 Å². The highest BCUT2D eigenvalue weighted by atomic mass is 79.9. The van der Waals surface area contributed by atoms with Crippen LogP contribution in [-0.4, -0.2) is 36.6 Å². The molecule has 1 heterocycles. The SMILES string of the molecule is Cc1ccc(N2C(=O)CC(N(C3CCCCCC3)S(=O)(=O)c3ccc(Br)cc3)C2=O)cc1. The van der Waals surface area contributed by atoms with Gasteiger partial charge in [-0.25, -0.2) is 13.3 Å². The second-order valence-corrected chi connectivity index (χ2v) is 11.3. The number of anilines is 1. The smallest absolute Gasteiger partial charge is 0.252 e. The molecule has 2 aromatic rings. The van der Waals surface area contributed by atoms with Crippen molar-refractivity contribution in [2.45, 2.75) is 68.8 Å². The normalized spacial score (nSPS) is 20.7. The summed E-state index contributed by atoms with van der Waals surface area (Å²) in [6.45, 7) is 1.93. The minimum Gasteiger partial charge on any atom is -0.274 e. The first kappa shape index (κ1) is 23.1. The molecule has 4 rings (SSSR count). The Morgan fingerprint density at radius 2 is 1.50 bits per heavy atom. The van der Waals surface area contributed by atoms with Gasteiger partial charge in [0.2, 0.25) is 15.9 Å². The summed E-state index contributed by atoms with van der Waals surface area (Å²) >= 11 is 3.34. The molecule has 1 saturated heterocycles. The lowest BCUT2D eigenvalue weighted by Gasteiger charge is -2.33. The first-order chi connectivity index (χ1) is 15.3. The Hall–Kier alpha value is -2.03. The second kappa shape index (κ2) is 9.45. The van der Waals surface area contributed by atoms with Crippen molar-refractivity contribution in [2.75, 3.05) is 4.90 Å². The summed E-state index contributed by atoms with van der Waals surface area (Å²) in [7, 11) is -3.97. The molecule has 8 heteroatoms. The molecule has 0 spiro atoms. The van der Waals surface area contributed by atoms with Gasteiger partial charge in [-0.05, 0) is 56.2 Å². The van der Waals surface area contributed by atoms with Gasteiger partial charge >= 0.3 is 0 Å². The Morgan fingerprint density at radius 1 is 0.906 bits per heavy atom. The van der Waals surface area contributed by atoms with Gasteiger partial charge in [-0.3, -0.25) is 9.59 Å². The van der Waals surface area contributed by atoms with E-state index in [0.29, 0.717) is 18.5 Å². The average molecular weight is 519 g/mol. The third-order valence-electron chi connectivity index (χ3n) is 6.30. The number of sulfonamides is 1. The fourth-order valence-corrected chi connectivity index (χ4v) is 6.73. The topological polar surface area (TPSA) is 74.8 Å². The molecular formula is C24H27BrN2O4S. The molecule has 2 aliphatic rings. The number of carbonyl (C=O) groups excluding carboxylic acids is 2. The van der Waals surface area contributed by atoms with Crippen LogP contribution >= 0.6 is 15.9 Å². The Morgan fingerprint density at radius 3 is 2.09 bits per heavy atom. The van der Waals surface area contributed by atoms with Gasteiger partial charge in [0.15, 0.2) is 0 Å². The maximum absolute atomic E-state index is 13.8. The van der Waals surface area contributed by atoms with Gasteiger partial charge in [-0.15, -0.1) is 0 Å². The van der Waals surface area contributed by atoms with Crippen LogP contribution in [0.4, 0.5) is 5.69 Å². The van der Waals surface area contributed by atoms with E-state index in [4.69, 9.17) is 0 Å². The van der Waals surface area contributed by atoms with E-state index in [9.17, 15) is 18.0 Å². The van der Waals surface area contributed by atoms with E-state index in [1.165, 1.54) is 4.31 Å². The number of benzene rings is 2. The molecule has 1 saturated carbocycles. The third-order valence-corrected chi connectivity index (χ3v) is 8.80. The van der Waals surface area contributed by atoms with E-state index in [-0.39, 0.29) is 23.3 Å². The highest BCUT2D eigenvalue weighted by Crippen LogP contribution is 2.35. The number of nitrogens with zero attached hydrogens (tertiary/aromatic N) is 2. The average Bonchev–Trinajstić information content (AvgIpc) is 2.93. The van der Waals surface area contributed by atoms with Crippen molar-refractivity contribution in [1.82, 2.24) is 4.31 Å². The summed E-state index contributed by atoms with van der Waals surface area (Å²) in [4.78, 5) is 27.7. The number of halogens is 1. The number of hydrogen-bond acceptors (Lipinski definition) is 4. The zero-order valence-electron chi connectivity index (χ0n) is 18.0. The summed E-state index contributed by atoms with van der Waals surface area (Å²) in [5, 5.41) is 0. The van der Waals surface area contributed by atoms with Crippen LogP contribution in [0.3, 0.4) is 0 Å². The first-order valence-electron chi connectivity index (χ1n) is 11.0. The number of rotatable bonds is 5. The Kier molecular flexibility index (Phi) is 6.83. The molecule has 0 bridgehead atoms. The van der Waals surface area contributed by atoms with Crippen molar-refractivity contribution >= 4 is 43.5 Å². The van der Waals surface area contributed by atoms with Gasteiger partial charge in [0.25, 0.3) is 5.91 Å². The predicted molar refractivity (Wildman–Crippen MR) is 127 cm³/mol. The summed E-state index contributed by atoms with van der Waals surface area (Å²) in [5.41, 5.74) is 1.50. The van der Waals surface area contributed by atoms with Crippen LogP contribution in [0, 0.1) is 6.92 Å². The van der Waals surface area contributed by atoms with E-state index >= 15 is 0 Å². The summed E-state index contributed by atoms with van der Waals surface area (Å²) in [6.07, 6.45) is 5.17. The molecule has 0 radical (unpaired) electrons. The number of carbonyl (C=O) groups is 2. The highest BCUT2D eigenvalue weighted by molar-refractivity contribution is 9.10. The predicted octanol–water partition coefficient (Wildman–Crippen LogP) is 4.80. The zero-order valence-corrected chi connectivity index (χ0v) is 20.4. The quantitative estimate of drug-likeness (QED) is 0.420. The second-order valence-electron chi connectivity index (χ2n) is 8.56. The van der Waals surface area contributed by atoms with Gasteiger partial charge in [-0.2, -0.15) is 4.31 Å². The van der Waals surface area contributed by atoms with Crippen molar-refractivity contribution in [3.05, 3.63) is 58.6 Å². The molecule has 0 aromatic heterocycles. The molecule has 0 N–H and O–H groups in total. The van der Waals surface area contributed by atoms with Crippen molar-refractivity contribution < 1.29 is 18.0 Å². The largest absolute Gasteiger partial charge is 0.274 e. The van der Waals surface area contributed by atoms with E-state index in [1.54, 1.807) is 36.4 Å². The molecule has 1 unspecified atom stereocenters. The number of hydrogen-bond donors (Lipinski definition) is 0. The molecule has 6 nitrogen and oxygen atoms in total. The van der Waals surface area contributed by atoms with E-state index < -0.39 is 22.0 Å². The molecule has 170 valence electrons. The van der Waals surface area contributed by atoms with Crippen molar-refractivity contribution in [2.24, 2.45) is 0 Å². The lowest BCUT2D eigenvalue weighted by atomic mass is 10.1. The van der Waals surface area contributed by atoms with Crippen LogP contribution in [-0.2, 0) is 19.6 Å². The maximum Gasteiger partial charge on any atom is 0.252 e. The van der Waals surface area contributed by atoms with E-state index in [0.717, 1.165) is 40.6 Å². The van der Waals surface area contributed by atoms with Crippen LogP contribution < -0.4 is 4.90 Å². The fourth-order valence-electron chi connectivity index (χ4n) is 4.64. The lowest BCUT2D eigenvalue weighted by molar-refractivity contribution is -0.122. The molecule has 32 heavy (non-hydrogen) atoms. The van der Waals surface area contributed by atoms with Crippen molar-refractivity contribution in [3.63, 3.8) is 0 Å². The Bertz CT molecular complexity index is 1090. The summed E-state index contributed by atoms with van der Waals surface area (Å²) in [6, 6.07) is 12.3. The maximum atomic E-state index is 13.8. The molecule has 2 amide bonds. The third kappa shape index (κ3) is 4.54. The van der Waals surface area contributed by atoms with Crippen molar-refractivity contribution in [3.8, 4) is 0 Å². The van der Waals surface area contributed by atoms with Gasteiger partial charge in [-0.1, -0.05) is 59.3 Å². The monoisotopic (exact) mass is 518 g/mol. The van der Waals surface area contributed by atoms with Crippen LogP contribution in [0.25, 0.3) is 0 Å². The van der Waals surface area contributed by atoms with Gasteiger partial charge < -0.3 is 0 Å². The Balaban J connectivity index is 1.74. The lowest BCUT2D eigenvalue weighted by Crippen LogP contribution is -2.50. The zero-order chi connectivity index (χ0) is 22.9. The minimum atomic E-state index is -3.97. The van der Waals surface area contributed by atoms with Gasteiger partial charge in [0.05, 0.1) is 17.0 Å². The van der Waals surface area contributed by atoms with Gasteiger partial charge in [0.1, 0.15) is 6.04 Å². The summed E-state index contributed by atoms with van der Waals surface area (Å²) in [5.74, 6) is -0.836. The molecule has 1 atom stereocenters. The van der Waals surface area contributed by atoms with Crippen LogP contribution in [0.5, 0.6) is 0 Å². The van der Waals surface area contributed by atoms with E-state index in [1.807, 2.05) is 19.1 Å². The minimum absolute atomic E-state index is 0.138. The van der Waals surface area contributed by atoms with Crippen LogP contribution in [0.1, 0.15) is 50.5 Å². The van der Waals surface area contributed by atoms with E-state index in [2.05, 4.69) is 15.9 Å². The number of amides is 2. The van der Waals surface area contributed by atoms with Crippen LogP contribution in [0.2, 0.25) is 0 Å². The highest BCUT2D eigenvalue weighted by Gasteiger charge is 2.49. The molecule has 2 fully saturated rings. The summed E-state index contributed by atoms with van der Waals surface area (Å²) < 4.78 is 29.8. The standard InChI is InChI=1S/C24H27BrN2O4S/c1-17-8-12-19(13-9-17)26-23(28)16-22(24(26)29)27(20-6-4-2-3-5-7-20)32(30,31)21-14-10-18(25)11-15-21/h8-15,20,22H,2-7,16H2,1H3. The molecule has 1 aliphatic carbocycles. The number of imide groups is 1. The molecule has 2 aromatic carbocycles. The van der Waals surface area contributed by atoms with Gasteiger partial charge in [0, 0.05) is 10.5 Å². The molecular weight excluding hydrogens is 492 g/mol. The first-order valence-corrected chi connectivity index (χ1v) is 13.2. The Labute approximate surface area is 197 Å². The number of aryl methyl sites for hydroxylation is 1. The fraction of sp³-hybridized carbons (Fsp3) is 0.417. The molecule has 1 aliphatic heterocycles.